The number of alkyl halides is 2. The Morgan fingerprint density at radius 1 is 1.36 bits per heavy atom. The largest absolute Gasteiger partial charge is 0.435 e. The van der Waals surface area contributed by atoms with Crippen LogP contribution in [0.3, 0.4) is 0 Å². The highest BCUT2D eigenvalue weighted by Gasteiger charge is 2.04. The normalized spacial score (nSPS) is 11.9. The van der Waals surface area contributed by atoms with Crippen LogP contribution in [0.15, 0.2) is 29.4 Å². The molecule has 0 saturated heterocycles. The Hall–Kier alpha value is -1.65. The summed E-state index contributed by atoms with van der Waals surface area (Å²) in [6.07, 6.45) is 0. The van der Waals surface area contributed by atoms with E-state index >= 15 is 0 Å². The maximum atomic E-state index is 11.8. The quantitative estimate of drug-likeness (QED) is 0.463. The average molecular weight is 201 g/mol. The Labute approximate surface area is 79.6 Å². The van der Waals surface area contributed by atoms with E-state index in [9.17, 15) is 8.78 Å². The molecule has 5 heteroatoms. The SMILES string of the molecule is C/C(=N/O)c1ccc(OC(F)F)cc1. The number of hydrogen-bond donors (Lipinski definition) is 1. The van der Waals surface area contributed by atoms with E-state index in [1.165, 1.54) is 24.3 Å². The van der Waals surface area contributed by atoms with Gasteiger partial charge in [0.2, 0.25) is 0 Å². The smallest absolute Gasteiger partial charge is 0.387 e. The molecule has 0 aliphatic carbocycles. The molecule has 0 amide bonds. The fraction of sp³-hybridized carbons (Fsp3) is 0.222. The first-order valence-electron chi connectivity index (χ1n) is 3.87. The van der Waals surface area contributed by atoms with Gasteiger partial charge in [0.05, 0.1) is 5.71 Å². The minimum Gasteiger partial charge on any atom is -0.435 e. The summed E-state index contributed by atoms with van der Waals surface area (Å²) >= 11 is 0. The van der Waals surface area contributed by atoms with Crippen molar-refractivity contribution in [2.24, 2.45) is 5.16 Å². The fourth-order valence-corrected chi connectivity index (χ4v) is 0.935. The lowest BCUT2D eigenvalue weighted by molar-refractivity contribution is -0.0498. The van der Waals surface area contributed by atoms with Crippen LogP contribution in [0.4, 0.5) is 8.78 Å². The second-order valence-corrected chi connectivity index (χ2v) is 2.59. The molecule has 76 valence electrons. The van der Waals surface area contributed by atoms with Gasteiger partial charge in [0, 0.05) is 0 Å². The summed E-state index contributed by atoms with van der Waals surface area (Å²) in [7, 11) is 0. The van der Waals surface area contributed by atoms with Gasteiger partial charge in [0.1, 0.15) is 5.75 Å². The zero-order valence-electron chi connectivity index (χ0n) is 7.45. The van der Waals surface area contributed by atoms with Gasteiger partial charge in [-0.2, -0.15) is 8.78 Å². The fourth-order valence-electron chi connectivity index (χ4n) is 0.935. The molecular weight excluding hydrogens is 192 g/mol. The van der Waals surface area contributed by atoms with Gasteiger partial charge in [-0.25, -0.2) is 0 Å². The van der Waals surface area contributed by atoms with E-state index in [1.807, 2.05) is 0 Å². The molecule has 0 spiro atoms. The molecule has 0 bridgehead atoms. The molecule has 0 aromatic heterocycles. The summed E-state index contributed by atoms with van der Waals surface area (Å²) in [6, 6.07) is 5.84. The molecule has 0 aliphatic heterocycles. The van der Waals surface area contributed by atoms with Crippen LogP contribution in [-0.2, 0) is 0 Å². The van der Waals surface area contributed by atoms with Crippen molar-refractivity contribution in [1.29, 1.82) is 0 Å². The second-order valence-electron chi connectivity index (χ2n) is 2.59. The van der Waals surface area contributed by atoms with Crippen LogP contribution in [0.25, 0.3) is 0 Å². The molecular formula is C9H9F2NO2. The zero-order valence-corrected chi connectivity index (χ0v) is 7.45. The van der Waals surface area contributed by atoms with Gasteiger partial charge in [0.15, 0.2) is 0 Å². The zero-order chi connectivity index (χ0) is 10.6. The van der Waals surface area contributed by atoms with Crippen LogP contribution in [0, 0.1) is 0 Å². The second kappa shape index (κ2) is 4.55. The standard InChI is InChI=1S/C9H9F2NO2/c1-6(12-13)7-2-4-8(5-3-7)14-9(10)11/h2-5,9,13H,1H3/b12-6-. The third-order valence-corrected chi connectivity index (χ3v) is 1.65. The highest BCUT2D eigenvalue weighted by molar-refractivity contribution is 5.98. The Balaban J connectivity index is 2.78. The van der Waals surface area contributed by atoms with E-state index in [-0.39, 0.29) is 5.75 Å². The minimum absolute atomic E-state index is 0.0782. The number of nitrogens with zero attached hydrogens (tertiary/aromatic N) is 1. The highest BCUT2D eigenvalue weighted by atomic mass is 19.3. The molecule has 0 saturated carbocycles. The molecule has 0 heterocycles. The first-order valence-corrected chi connectivity index (χ1v) is 3.87. The molecule has 0 radical (unpaired) electrons. The van der Waals surface area contributed by atoms with Crippen LogP contribution in [0.5, 0.6) is 5.75 Å². The predicted octanol–water partition coefficient (Wildman–Crippen LogP) is 2.49. The molecule has 0 atom stereocenters. The summed E-state index contributed by atoms with van der Waals surface area (Å²) in [5, 5.41) is 11.4. The van der Waals surface area contributed by atoms with Crippen molar-refractivity contribution in [1.82, 2.24) is 0 Å². The number of hydrogen-bond acceptors (Lipinski definition) is 3. The highest BCUT2D eigenvalue weighted by Crippen LogP contribution is 2.15. The monoisotopic (exact) mass is 201 g/mol. The van der Waals surface area contributed by atoms with Crippen molar-refractivity contribution in [3.63, 3.8) is 0 Å². The van der Waals surface area contributed by atoms with E-state index in [2.05, 4.69) is 9.89 Å². The number of halogens is 2. The van der Waals surface area contributed by atoms with E-state index in [0.29, 0.717) is 11.3 Å². The predicted molar refractivity (Wildman–Crippen MR) is 47.1 cm³/mol. The molecule has 1 rings (SSSR count). The van der Waals surface area contributed by atoms with Crippen molar-refractivity contribution in [2.75, 3.05) is 0 Å². The molecule has 0 unspecified atom stereocenters. The van der Waals surface area contributed by atoms with Crippen molar-refractivity contribution in [3.8, 4) is 5.75 Å². The third-order valence-electron chi connectivity index (χ3n) is 1.65. The summed E-state index contributed by atoms with van der Waals surface area (Å²) in [4.78, 5) is 0. The maximum Gasteiger partial charge on any atom is 0.387 e. The van der Waals surface area contributed by atoms with Gasteiger partial charge < -0.3 is 9.94 Å². The minimum atomic E-state index is -2.83. The van der Waals surface area contributed by atoms with E-state index < -0.39 is 6.61 Å². The van der Waals surface area contributed by atoms with E-state index in [4.69, 9.17) is 5.21 Å². The van der Waals surface area contributed by atoms with Crippen molar-refractivity contribution in [2.45, 2.75) is 13.5 Å². The molecule has 1 aromatic carbocycles. The molecule has 1 aromatic rings. The average Bonchev–Trinajstić information content (AvgIpc) is 2.17. The maximum absolute atomic E-state index is 11.8. The van der Waals surface area contributed by atoms with Crippen LogP contribution in [-0.4, -0.2) is 17.5 Å². The third kappa shape index (κ3) is 2.69. The van der Waals surface area contributed by atoms with Crippen molar-refractivity contribution in [3.05, 3.63) is 29.8 Å². The number of ether oxygens (including phenoxy) is 1. The van der Waals surface area contributed by atoms with Gasteiger partial charge in [-0.15, -0.1) is 0 Å². The Morgan fingerprint density at radius 2 is 1.93 bits per heavy atom. The van der Waals surface area contributed by atoms with Crippen LogP contribution >= 0.6 is 0 Å². The summed E-state index contributed by atoms with van der Waals surface area (Å²) in [5.41, 5.74) is 1.06. The number of oxime groups is 1. The molecule has 0 fully saturated rings. The van der Waals surface area contributed by atoms with E-state index in [1.54, 1.807) is 6.92 Å². The lowest BCUT2D eigenvalue weighted by Gasteiger charge is -2.04. The molecule has 1 N–H and O–H groups in total. The van der Waals surface area contributed by atoms with Gasteiger partial charge in [-0.05, 0) is 36.8 Å². The number of benzene rings is 1. The first-order chi connectivity index (χ1) is 6.63. The van der Waals surface area contributed by atoms with Crippen molar-refractivity contribution >= 4 is 5.71 Å². The summed E-state index contributed by atoms with van der Waals surface area (Å²) in [6.45, 7) is -1.23. The van der Waals surface area contributed by atoms with Gasteiger partial charge in [-0.3, -0.25) is 0 Å². The molecule has 14 heavy (non-hydrogen) atoms. The van der Waals surface area contributed by atoms with Crippen LogP contribution in [0.2, 0.25) is 0 Å². The van der Waals surface area contributed by atoms with Crippen molar-refractivity contribution < 1.29 is 18.7 Å². The van der Waals surface area contributed by atoms with Gasteiger partial charge >= 0.3 is 6.61 Å². The Kier molecular flexibility index (Phi) is 3.39. The van der Waals surface area contributed by atoms with E-state index in [0.717, 1.165) is 0 Å². The van der Waals surface area contributed by atoms with Gasteiger partial charge in [-0.1, -0.05) is 5.16 Å². The lowest BCUT2D eigenvalue weighted by atomic mass is 10.1. The summed E-state index contributed by atoms with van der Waals surface area (Å²) in [5.74, 6) is 0.0782. The Morgan fingerprint density at radius 3 is 2.36 bits per heavy atom. The lowest BCUT2D eigenvalue weighted by Crippen LogP contribution is -2.02. The molecule has 0 aliphatic rings. The first kappa shape index (κ1) is 10.4. The van der Waals surface area contributed by atoms with Crippen LogP contribution < -0.4 is 4.74 Å². The number of rotatable bonds is 3. The topological polar surface area (TPSA) is 41.8 Å². The molecule has 3 nitrogen and oxygen atoms in total. The van der Waals surface area contributed by atoms with Crippen LogP contribution in [0.1, 0.15) is 12.5 Å². The Bertz CT molecular complexity index is 322. The van der Waals surface area contributed by atoms with Gasteiger partial charge in [0.25, 0.3) is 0 Å². The summed E-state index contributed by atoms with van der Waals surface area (Å²) < 4.78 is 27.7.